The molecular weight excluding hydrogens is 346 g/mol. The first kappa shape index (κ1) is 17.0. The third-order valence-electron chi connectivity index (χ3n) is 4.50. The number of aromatic nitrogens is 2. The second kappa shape index (κ2) is 7.44. The first-order chi connectivity index (χ1) is 12.7. The summed E-state index contributed by atoms with van der Waals surface area (Å²) in [6, 6.07) is 16.0. The summed E-state index contributed by atoms with van der Waals surface area (Å²) in [4.78, 5) is 9.46. The van der Waals surface area contributed by atoms with Crippen molar-refractivity contribution in [2.45, 2.75) is 19.4 Å². The lowest BCUT2D eigenvalue weighted by molar-refractivity contribution is 0.213. The summed E-state index contributed by atoms with van der Waals surface area (Å²) < 4.78 is 6.01. The predicted molar refractivity (Wildman–Crippen MR) is 105 cm³/mol. The summed E-state index contributed by atoms with van der Waals surface area (Å²) >= 11 is 6.03. The Morgan fingerprint density at radius 3 is 2.38 bits per heavy atom. The standard InChI is InChI=1S/C21H20ClN3O/c1-14-2-4-16(5-3-14)21-20(15-6-8-17(22)9-7-15)24-13-19(25-21)26-18-10-11-23-12-18/h2-9,13,18,23H,10-12H2,1H3/t18-/m0/s1. The van der Waals surface area contributed by atoms with E-state index < -0.39 is 0 Å². The number of halogens is 1. The fraction of sp³-hybridized carbons (Fsp3) is 0.238. The SMILES string of the molecule is Cc1ccc(-c2nc(O[C@H]3CCNC3)cnc2-c2ccc(Cl)cc2)cc1. The third-order valence-corrected chi connectivity index (χ3v) is 4.75. The lowest BCUT2D eigenvalue weighted by atomic mass is 10.0. The van der Waals surface area contributed by atoms with Gasteiger partial charge in [-0.1, -0.05) is 53.6 Å². The van der Waals surface area contributed by atoms with Crippen LogP contribution in [0.1, 0.15) is 12.0 Å². The van der Waals surface area contributed by atoms with Crippen molar-refractivity contribution in [2.24, 2.45) is 0 Å². The molecule has 1 fully saturated rings. The minimum Gasteiger partial charge on any atom is -0.472 e. The molecule has 1 aliphatic heterocycles. The number of aryl methyl sites for hydroxylation is 1. The van der Waals surface area contributed by atoms with E-state index in [2.05, 4.69) is 41.5 Å². The lowest BCUT2D eigenvalue weighted by Gasteiger charge is -2.14. The fourth-order valence-corrected chi connectivity index (χ4v) is 3.19. The van der Waals surface area contributed by atoms with Gasteiger partial charge in [0.2, 0.25) is 5.88 Å². The van der Waals surface area contributed by atoms with E-state index >= 15 is 0 Å². The average molecular weight is 366 g/mol. The van der Waals surface area contributed by atoms with Crippen molar-refractivity contribution in [1.29, 1.82) is 0 Å². The van der Waals surface area contributed by atoms with Crippen molar-refractivity contribution in [3.8, 4) is 28.4 Å². The van der Waals surface area contributed by atoms with Crippen molar-refractivity contribution in [3.05, 3.63) is 65.3 Å². The van der Waals surface area contributed by atoms with E-state index in [1.807, 2.05) is 24.3 Å². The van der Waals surface area contributed by atoms with Gasteiger partial charge in [0.25, 0.3) is 0 Å². The third kappa shape index (κ3) is 3.71. The predicted octanol–water partition coefficient (Wildman–Crippen LogP) is 4.51. The Hall–Kier alpha value is -2.43. The number of nitrogens with zero attached hydrogens (tertiary/aromatic N) is 2. The second-order valence-corrected chi connectivity index (χ2v) is 6.95. The maximum Gasteiger partial charge on any atom is 0.233 e. The van der Waals surface area contributed by atoms with Gasteiger partial charge in [-0.2, -0.15) is 0 Å². The van der Waals surface area contributed by atoms with E-state index in [4.69, 9.17) is 21.3 Å². The Bertz CT molecular complexity index is 888. The summed E-state index contributed by atoms with van der Waals surface area (Å²) in [6.07, 6.45) is 2.84. The minimum atomic E-state index is 0.150. The van der Waals surface area contributed by atoms with E-state index in [-0.39, 0.29) is 6.10 Å². The Balaban J connectivity index is 1.76. The molecule has 0 amide bonds. The lowest BCUT2D eigenvalue weighted by Crippen LogP contribution is -2.20. The Morgan fingerprint density at radius 2 is 1.69 bits per heavy atom. The molecule has 1 saturated heterocycles. The molecular formula is C21H20ClN3O. The summed E-state index contributed by atoms with van der Waals surface area (Å²) in [5.41, 5.74) is 4.84. The van der Waals surface area contributed by atoms with Crippen molar-refractivity contribution in [2.75, 3.05) is 13.1 Å². The molecule has 5 heteroatoms. The average Bonchev–Trinajstić information content (AvgIpc) is 3.16. The molecule has 0 unspecified atom stereocenters. The van der Waals surface area contributed by atoms with Gasteiger partial charge in [-0.3, -0.25) is 0 Å². The maximum atomic E-state index is 6.03. The van der Waals surface area contributed by atoms with Crippen LogP contribution in [0.2, 0.25) is 5.02 Å². The molecule has 132 valence electrons. The Kier molecular flexibility index (Phi) is 4.87. The van der Waals surface area contributed by atoms with Crippen LogP contribution in [0, 0.1) is 6.92 Å². The fourth-order valence-electron chi connectivity index (χ4n) is 3.06. The Labute approximate surface area is 158 Å². The van der Waals surface area contributed by atoms with Crippen molar-refractivity contribution >= 4 is 11.6 Å². The smallest absolute Gasteiger partial charge is 0.233 e. The molecule has 0 radical (unpaired) electrons. The summed E-state index contributed by atoms with van der Waals surface area (Å²) in [6.45, 7) is 3.90. The quantitative estimate of drug-likeness (QED) is 0.738. The van der Waals surface area contributed by atoms with E-state index in [0.717, 1.165) is 42.0 Å². The maximum absolute atomic E-state index is 6.03. The molecule has 0 saturated carbocycles. The number of benzene rings is 2. The molecule has 0 spiro atoms. The number of hydrogen-bond acceptors (Lipinski definition) is 4. The van der Waals surface area contributed by atoms with Crippen LogP contribution in [0.3, 0.4) is 0 Å². The van der Waals surface area contributed by atoms with Crippen LogP contribution < -0.4 is 10.1 Å². The highest BCUT2D eigenvalue weighted by Crippen LogP contribution is 2.31. The second-order valence-electron chi connectivity index (χ2n) is 6.51. The van der Waals surface area contributed by atoms with E-state index in [1.54, 1.807) is 6.20 Å². The highest BCUT2D eigenvalue weighted by Gasteiger charge is 2.19. The first-order valence-electron chi connectivity index (χ1n) is 8.76. The topological polar surface area (TPSA) is 47.0 Å². The number of nitrogens with one attached hydrogen (secondary N) is 1. The van der Waals surface area contributed by atoms with Crippen LogP contribution >= 0.6 is 11.6 Å². The number of ether oxygens (including phenoxy) is 1. The van der Waals surface area contributed by atoms with Crippen molar-refractivity contribution < 1.29 is 4.74 Å². The molecule has 1 aromatic heterocycles. The van der Waals surface area contributed by atoms with Crippen LogP contribution in [-0.2, 0) is 0 Å². The van der Waals surface area contributed by atoms with Gasteiger partial charge in [0.15, 0.2) is 0 Å². The highest BCUT2D eigenvalue weighted by molar-refractivity contribution is 6.30. The molecule has 1 atom stereocenters. The van der Waals surface area contributed by atoms with Gasteiger partial charge in [0.05, 0.1) is 11.9 Å². The van der Waals surface area contributed by atoms with Gasteiger partial charge in [0, 0.05) is 22.7 Å². The molecule has 2 aromatic carbocycles. The molecule has 4 nitrogen and oxygen atoms in total. The van der Waals surface area contributed by atoms with Crippen molar-refractivity contribution in [1.82, 2.24) is 15.3 Å². The largest absolute Gasteiger partial charge is 0.472 e. The zero-order valence-electron chi connectivity index (χ0n) is 14.6. The summed E-state index contributed by atoms with van der Waals surface area (Å²) in [5, 5.41) is 4.00. The number of hydrogen-bond donors (Lipinski definition) is 1. The van der Waals surface area contributed by atoms with Gasteiger partial charge in [-0.25, -0.2) is 9.97 Å². The van der Waals surface area contributed by atoms with Gasteiger partial charge < -0.3 is 10.1 Å². The molecule has 0 bridgehead atoms. The van der Waals surface area contributed by atoms with Crippen molar-refractivity contribution in [3.63, 3.8) is 0 Å². The van der Waals surface area contributed by atoms with E-state index in [9.17, 15) is 0 Å². The minimum absolute atomic E-state index is 0.150. The van der Waals surface area contributed by atoms with Crippen LogP contribution in [0.5, 0.6) is 5.88 Å². The first-order valence-corrected chi connectivity index (χ1v) is 9.14. The molecule has 2 heterocycles. The molecule has 0 aliphatic carbocycles. The monoisotopic (exact) mass is 365 g/mol. The van der Waals surface area contributed by atoms with Crippen LogP contribution in [0.15, 0.2) is 54.7 Å². The van der Waals surface area contributed by atoms with E-state index in [1.165, 1.54) is 5.56 Å². The molecule has 26 heavy (non-hydrogen) atoms. The normalized spacial score (nSPS) is 16.6. The van der Waals surface area contributed by atoms with E-state index in [0.29, 0.717) is 10.9 Å². The molecule has 4 rings (SSSR count). The molecule has 1 N–H and O–H groups in total. The van der Waals surface area contributed by atoms with Crippen LogP contribution in [-0.4, -0.2) is 29.2 Å². The van der Waals surface area contributed by atoms with Gasteiger partial charge in [-0.05, 0) is 32.0 Å². The summed E-state index contributed by atoms with van der Waals surface area (Å²) in [7, 11) is 0. The zero-order valence-corrected chi connectivity index (χ0v) is 15.3. The number of rotatable bonds is 4. The summed E-state index contributed by atoms with van der Waals surface area (Å²) in [5.74, 6) is 0.562. The Morgan fingerprint density at radius 1 is 1.00 bits per heavy atom. The zero-order chi connectivity index (χ0) is 17.9. The molecule has 3 aromatic rings. The highest BCUT2D eigenvalue weighted by atomic mass is 35.5. The molecule has 1 aliphatic rings. The van der Waals surface area contributed by atoms with Crippen LogP contribution in [0.25, 0.3) is 22.5 Å². The van der Waals surface area contributed by atoms with Gasteiger partial charge in [0.1, 0.15) is 11.8 Å². The van der Waals surface area contributed by atoms with Gasteiger partial charge >= 0.3 is 0 Å². The van der Waals surface area contributed by atoms with Crippen LogP contribution in [0.4, 0.5) is 0 Å². The van der Waals surface area contributed by atoms with Gasteiger partial charge in [-0.15, -0.1) is 0 Å².